The first kappa shape index (κ1) is 14.2. The fourth-order valence-corrected chi connectivity index (χ4v) is 1.69. The van der Waals surface area contributed by atoms with Crippen LogP contribution in [0, 0.1) is 5.92 Å². The van der Waals surface area contributed by atoms with Crippen LogP contribution in [0.1, 0.15) is 25.3 Å². The smallest absolute Gasteiger partial charge is 0.306 e. The Morgan fingerprint density at radius 1 is 1.39 bits per heavy atom. The van der Waals surface area contributed by atoms with E-state index in [0.29, 0.717) is 13.0 Å². The van der Waals surface area contributed by atoms with Gasteiger partial charge in [-0.1, -0.05) is 48.6 Å². The summed E-state index contributed by atoms with van der Waals surface area (Å²) in [7, 11) is 0. The fourth-order valence-electron chi connectivity index (χ4n) is 1.69. The molecule has 1 rings (SSSR count). The molecule has 1 atom stereocenters. The van der Waals surface area contributed by atoms with Gasteiger partial charge in [0.2, 0.25) is 0 Å². The summed E-state index contributed by atoms with van der Waals surface area (Å²) in [4.78, 5) is 11.4. The Balaban J connectivity index is 2.59. The van der Waals surface area contributed by atoms with E-state index in [4.69, 9.17) is 4.74 Å². The van der Waals surface area contributed by atoms with Crippen LogP contribution in [0.5, 0.6) is 0 Å². The summed E-state index contributed by atoms with van der Waals surface area (Å²) in [6.07, 6.45) is 7.10. The summed E-state index contributed by atoms with van der Waals surface area (Å²) in [5.41, 5.74) is 1.13. The summed E-state index contributed by atoms with van der Waals surface area (Å²) in [5.74, 6) is 0.00354. The van der Waals surface area contributed by atoms with E-state index in [-0.39, 0.29) is 11.9 Å². The Morgan fingerprint density at radius 2 is 2.11 bits per heavy atom. The molecule has 18 heavy (non-hydrogen) atoms. The third kappa shape index (κ3) is 5.48. The van der Waals surface area contributed by atoms with Crippen molar-refractivity contribution in [3.05, 3.63) is 54.6 Å². The summed E-state index contributed by atoms with van der Waals surface area (Å²) in [6, 6.07) is 10.0. The molecule has 0 amide bonds. The average molecular weight is 244 g/mol. The molecular weight excluding hydrogens is 224 g/mol. The number of rotatable bonds is 7. The van der Waals surface area contributed by atoms with E-state index in [9.17, 15) is 4.79 Å². The number of benzene rings is 1. The molecule has 96 valence electrons. The van der Waals surface area contributed by atoms with Gasteiger partial charge >= 0.3 is 5.97 Å². The molecule has 1 unspecified atom stereocenters. The van der Waals surface area contributed by atoms with Crippen LogP contribution < -0.4 is 0 Å². The minimum absolute atomic E-state index is 0.151. The third-order valence-corrected chi connectivity index (χ3v) is 2.56. The molecule has 0 bridgehead atoms. The first-order chi connectivity index (χ1) is 8.76. The molecule has 0 aliphatic carbocycles. The molecule has 0 N–H and O–H groups in total. The first-order valence-electron chi connectivity index (χ1n) is 6.26. The van der Waals surface area contributed by atoms with Gasteiger partial charge in [0, 0.05) is 0 Å². The van der Waals surface area contributed by atoms with E-state index in [1.54, 1.807) is 0 Å². The zero-order chi connectivity index (χ0) is 13.2. The summed E-state index contributed by atoms with van der Waals surface area (Å²) < 4.78 is 4.96. The van der Waals surface area contributed by atoms with Crippen LogP contribution in [0.25, 0.3) is 6.08 Å². The molecule has 1 aromatic carbocycles. The summed E-state index contributed by atoms with van der Waals surface area (Å²) in [5, 5.41) is 0. The Morgan fingerprint density at radius 3 is 2.72 bits per heavy atom. The highest BCUT2D eigenvalue weighted by atomic mass is 16.5. The quantitative estimate of drug-likeness (QED) is 0.538. The molecule has 0 radical (unpaired) electrons. The lowest BCUT2D eigenvalue weighted by molar-refractivity contribution is -0.143. The predicted octanol–water partition coefficient (Wildman–Crippen LogP) is 3.85. The Kier molecular flexibility index (Phi) is 6.55. The van der Waals surface area contributed by atoms with Crippen molar-refractivity contribution in [3.63, 3.8) is 0 Å². The standard InChI is InChI=1S/C16H20O2/c1-3-8-15(13-16(17)18-4-2)12-11-14-9-6-5-7-10-14/h3,5-7,9-12,15H,1,4,8,13H2,2H3. The van der Waals surface area contributed by atoms with Crippen LogP contribution in [0.15, 0.2) is 49.1 Å². The van der Waals surface area contributed by atoms with Crippen molar-refractivity contribution in [1.29, 1.82) is 0 Å². The number of carbonyl (C=O) groups is 1. The lowest BCUT2D eigenvalue weighted by Gasteiger charge is -2.09. The fraction of sp³-hybridized carbons (Fsp3) is 0.312. The van der Waals surface area contributed by atoms with E-state index in [2.05, 4.69) is 6.58 Å². The molecule has 0 fully saturated rings. The molecule has 0 saturated carbocycles. The number of hydrogen-bond acceptors (Lipinski definition) is 2. The van der Waals surface area contributed by atoms with E-state index in [0.717, 1.165) is 12.0 Å². The Labute approximate surface area is 109 Å². The van der Waals surface area contributed by atoms with Crippen LogP contribution >= 0.6 is 0 Å². The van der Waals surface area contributed by atoms with Gasteiger partial charge in [0.25, 0.3) is 0 Å². The van der Waals surface area contributed by atoms with E-state index < -0.39 is 0 Å². The lowest BCUT2D eigenvalue weighted by Crippen LogP contribution is -2.09. The maximum absolute atomic E-state index is 11.4. The molecule has 0 aliphatic heterocycles. The van der Waals surface area contributed by atoms with Gasteiger partial charge in [-0.15, -0.1) is 6.58 Å². The van der Waals surface area contributed by atoms with Crippen molar-refractivity contribution < 1.29 is 9.53 Å². The molecule has 0 spiro atoms. The average Bonchev–Trinajstić information content (AvgIpc) is 2.38. The van der Waals surface area contributed by atoms with Gasteiger partial charge in [-0.2, -0.15) is 0 Å². The topological polar surface area (TPSA) is 26.3 Å². The predicted molar refractivity (Wildman–Crippen MR) is 75.0 cm³/mol. The van der Waals surface area contributed by atoms with Gasteiger partial charge < -0.3 is 4.74 Å². The summed E-state index contributed by atoms with van der Waals surface area (Å²) in [6.45, 7) is 5.97. The van der Waals surface area contributed by atoms with Crippen LogP contribution in [-0.2, 0) is 9.53 Å². The maximum Gasteiger partial charge on any atom is 0.306 e. The molecule has 1 aromatic rings. The zero-order valence-corrected chi connectivity index (χ0v) is 10.8. The highest BCUT2D eigenvalue weighted by Gasteiger charge is 2.10. The van der Waals surface area contributed by atoms with Gasteiger partial charge in [-0.25, -0.2) is 0 Å². The number of allylic oxidation sites excluding steroid dienone is 2. The number of ether oxygens (including phenoxy) is 1. The van der Waals surface area contributed by atoms with Gasteiger partial charge in [-0.05, 0) is 24.8 Å². The highest BCUT2D eigenvalue weighted by Crippen LogP contribution is 2.14. The van der Waals surface area contributed by atoms with Gasteiger partial charge in [0.05, 0.1) is 13.0 Å². The highest BCUT2D eigenvalue weighted by molar-refractivity contribution is 5.70. The van der Waals surface area contributed by atoms with Crippen molar-refractivity contribution >= 4 is 12.0 Å². The second-order valence-electron chi connectivity index (χ2n) is 4.06. The van der Waals surface area contributed by atoms with Crippen molar-refractivity contribution in [2.45, 2.75) is 19.8 Å². The van der Waals surface area contributed by atoms with Crippen LogP contribution in [0.2, 0.25) is 0 Å². The third-order valence-electron chi connectivity index (χ3n) is 2.56. The molecule has 0 aromatic heterocycles. The van der Waals surface area contributed by atoms with Crippen molar-refractivity contribution in [2.75, 3.05) is 6.61 Å². The number of esters is 1. The van der Waals surface area contributed by atoms with E-state index >= 15 is 0 Å². The largest absolute Gasteiger partial charge is 0.466 e. The van der Waals surface area contributed by atoms with Gasteiger partial charge in [0.15, 0.2) is 0 Å². The lowest BCUT2D eigenvalue weighted by atomic mass is 10.00. The number of hydrogen-bond donors (Lipinski definition) is 0. The van der Waals surface area contributed by atoms with E-state index in [1.807, 2.05) is 55.5 Å². The molecule has 2 heteroatoms. The van der Waals surface area contributed by atoms with E-state index in [1.165, 1.54) is 0 Å². The van der Waals surface area contributed by atoms with Crippen molar-refractivity contribution in [2.24, 2.45) is 5.92 Å². The Hall–Kier alpha value is -1.83. The second-order valence-corrected chi connectivity index (χ2v) is 4.06. The molecule has 0 aliphatic rings. The van der Waals surface area contributed by atoms with Gasteiger partial charge in [-0.3, -0.25) is 4.79 Å². The van der Waals surface area contributed by atoms with Crippen LogP contribution in [0.4, 0.5) is 0 Å². The first-order valence-corrected chi connectivity index (χ1v) is 6.26. The second kappa shape index (κ2) is 8.29. The molecule has 0 heterocycles. The summed E-state index contributed by atoms with van der Waals surface area (Å²) >= 11 is 0. The molecule has 0 saturated heterocycles. The number of carbonyl (C=O) groups excluding carboxylic acids is 1. The minimum Gasteiger partial charge on any atom is -0.466 e. The normalized spacial score (nSPS) is 12.3. The minimum atomic E-state index is -0.151. The van der Waals surface area contributed by atoms with Crippen LogP contribution in [-0.4, -0.2) is 12.6 Å². The van der Waals surface area contributed by atoms with Crippen LogP contribution in [0.3, 0.4) is 0 Å². The Bertz CT molecular complexity index is 393. The molecular formula is C16H20O2. The van der Waals surface area contributed by atoms with Crippen molar-refractivity contribution in [1.82, 2.24) is 0 Å². The SMILES string of the molecule is C=CCC(C=Cc1ccccc1)CC(=O)OCC. The zero-order valence-electron chi connectivity index (χ0n) is 10.8. The van der Waals surface area contributed by atoms with Gasteiger partial charge in [0.1, 0.15) is 0 Å². The monoisotopic (exact) mass is 244 g/mol. The maximum atomic E-state index is 11.4. The molecule has 2 nitrogen and oxygen atoms in total. The van der Waals surface area contributed by atoms with Crippen molar-refractivity contribution in [3.8, 4) is 0 Å².